The molecule has 0 saturated carbocycles. The van der Waals surface area contributed by atoms with Gasteiger partial charge < -0.3 is 19.5 Å². The number of rotatable bonds is 5. The number of carboxylic acids is 1. The number of halogens is 1. The number of hydrogen-bond donors (Lipinski definition) is 1. The maximum absolute atomic E-state index is 11.3. The highest BCUT2D eigenvalue weighted by molar-refractivity contribution is 7.17. The number of aromatic nitrogens is 2. The van der Waals surface area contributed by atoms with Crippen LogP contribution in [-0.4, -0.2) is 48.4 Å². The molecule has 3 aromatic rings. The molecule has 7 nitrogen and oxygen atoms in total. The molecular weight excluding hydrogens is 414 g/mol. The van der Waals surface area contributed by atoms with Crippen LogP contribution in [0.5, 0.6) is 11.5 Å². The van der Waals surface area contributed by atoms with E-state index in [1.807, 2.05) is 23.6 Å². The highest BCUT2D eigenvalue weighted by Gasteiger charge is 2.27. The third kappa shape index (κ3) is 3.70. The van der Waals surface area contributed by atoms with Gasteiger partial charge in [-0.3, -0.25) is 4.79 Å². The average molecular weight is 434 g/mol. The molecule has 9 heteroatoms. The highest BCUT2D eigenvalue weighted by Crippen LogP contribution is 2.42. The van der Waals surface area contributed by atoms with Crippen LogP contribution in [-0.2, 0) is 4.79 Å². The predicted molar refractivity (Wildman–Crippen MR) is 114 cm³/mol. The van der Waals surface area contributed by atoms with Gasteiger partial charge in [0.25, 0.3) is 0 Å². The largest absolute Gasteiger partial charge is 0.493 e. The summed E-state index contributed by atoms with van der Waals surface area (Å²) < 4.78 is 10.8. The van der Waals surface area contributed by atoms with E-state index in [0.717, 1.165) is 27.2 Å². The van der Waals surface area contributed by atoms with Crippen LogP contribution in [0.15, 0.2) is 23.6 Å². The van der Waals surface area contributed by atoms with Crippen LogP contribution in [0.3, 0.4) is 0 Å². The molecule has 4 rings (SSSR count). The number of aliphatic carboxylic acids is 1. The zero-order valence-electron chi connectivity index (χ0n) is 16.0. The lowest BCUT2D eigenvalue weighted by Gasteiger charge is -2.31. The number of methoxy groups -OCH3 is 2. The van der Waals surface area contributed by atoms with Crippen molar-refractivity contribution in [1.29, 1.82) is 0 Å². The van der Waals surface area contributed by atoms with Gasteiger partial charge in [-0.2, -0.15) is 4.98 Å². The number of nitrogens with zero attached hydrogens (tertiary/aromatic N) is 3. The number of benzene rings is 1. The monoisotopic (exact) mass is 433 g/mol. The number of carbonyl (C=O) groups is 1. The second-order valence-corrected chi connectivity index (χ2v) is 8.01. The lowest BCUT2D eigenvalue weighted by atomic mass is 9.96. The van der Waals surface area contributed by atoms with Crippen molar-refractivity contribution in [3.63, 3.8) is 0 Å². The first kappa shape index (κ1) is 19.7. The molecule has 0 aliphatic carbocycles. The Morgan fingerprint density at radius 3 is 2.59 bits per heavy atom. The van der Waals surface area contributed by atoms with Gasteiger partial charge in [0, 0.05) is 24.0 Å². The van der Waals surface area contributed by atoms with Gasteiger partial charge in [-0.1, -0.05) is 6.07 Å². The molecule has 3 heterocycles. The first-order valence-electron chi connectivity index (χ1n) is 9.16. The minimum absolute atomic E-state index is 0.188. The van der Waals surface area contributed by atoms with Crippen LogP contribution in [0, 0.1) is 5.92 Å². The third-order valence-electron chi connectivity index (χ3n) is 5.23. The van der Waals surface area contributed by atoms with Gasteiger partial charge >= 0.3 is 5.97 Å². The number of hydrogen-bond acceptors (Lipinski definition) is 7. The molecular formula is C20H20ClN3O4S. The molecule has 0 bridgehead atoms. The van der Waals surface area contributed by atoms with Crippen LogP contribution in [0.25, 0.3) is 21.3 Å². The molecule has 1 saturated heterocycles. The van der Waals surface area contributed by atoms with Gasteiger partial charge in [0.15, 0.2) is 11.5 Å². The topological polar surface area (TPSA) is 84.8 Å². The fourth-order valence-electron chi connectivity index (χ4n) is 3.68. The van der Waals surface area contributed by atoms with E-state index in [-0.39, 0.29) is 11.2 Å². The smallest absolute Gasteiger partial charge is 0.306 e. The van der Waals surface area contributed by atoms with Gasteiger partial charge in [-0.15, -0.1) is 11.3 Å². The summed E-state index contributed by atoms with van der Waals surface area (Å²) in [5, 5.41) is 12.4. The zero-order valence-corrected chi connectivity index (χ0v) is 17.6. The van der Waals surface area contributed by atoms with Crippen molar-refractivity contribution in [3.05, 3.63) is 28.9 Å². The second kappa shape index (κ2) is 8.04. The summed E-state index contributed by atoms with van der Waals surface area (Å²) in [6.07, 6.45) is 1.16. The Morgan fingerprint density at radius 1 is 1.21 bits per heavy atom. The van der Waals surface area contributed by atoms with Crippen LogP contribution >= 0.6 is 22.9 Å². The molecule has 1 N–H and O–H groups in total. The fraction of sp³-hybridized carbons (Fsp3) is 0.350. The summed E-state index contributed by atoms with van der Waals surface area (Å²) in [6, 6.07) is 5.76. The number of fused-ring (bicyclic) bond motifs is 1. The summed E-state index contributed by atoms with van der Waals surface area (Å²) in [5.74, 6) is 0.993. The highest BCUT2D eigenvalue weighted by atomic mass is 35.5. The van der Waals surface area contributed by atoms with Crippen LogP contribution < -0.4 is 14.4 Å². The quantitative estimate of drug-likeness (QED) is 0.599. The Labute approximate surface area is 176 Å². The Morgan fingerprint density at radius 2 is 1.93 bits per heavy atom. The molecule has 0 radical (unpaired) electrons. The molecule has 0 amide bonds. The van der Waals surface area contributed by atoms with Gasteiger partial charge in [-0.05, 0) is 42.1 Å². The van der Waals surface area contributed by atoms with Gasteiger partial charge in [0.2, 0.25) is 5.28 Å². The summed E-state index contributed by atoms with van der Waals surface area (Å²) >= 11 is 7.69. The van der Waals surface area contributed by atoms with Crippen molar-refractivity contribution in [2.24, 2.45) is 5.92 Å². The number of carboxylic acid groups (broad SMARTS) is 1. The summed E-state index contributed by atoms with van der Waals surface area (Å²) in [7, 11) is 3.21. The SMILES string of the molecule is COc1ccc(-c2csc3nc(Cl)nc(N4CCC(C(=O)O)CC4)c23)cc1OC. The maximum atomic E-state index is 11.3. The third-order valence-corrected chi connectivity index (χ3v) is 6.27. The molecule has 152 valence electrons. The van der Waals surface area contributed by atoms with Crippen molar-refractivity contribution >= 4 is 44.9 Å². The Balaban J connectivity index is 1.79. The fourth-order valence-corrected chi connectivity index (χ4v) is 4.84. The lowest BCUT2D eigenvalue weighted by Crippen LogP contribution is -2.37. The molecule has 2 aromatic heterocycles. The van der Waals surface area contributed by atoms with Gasteiger partial charge in [0.1, 0.15) is 10.6 Å². The Hall–Kier alpha value is -2.58. The van der Waals surface area contributed by atoms with Gasteiger partial charge in [-0.25, -0.2) is 4.98 Å². The number of piperidine rings is 1. The number of thiophene rings is 1. The van der Waals surface area contributed by atoms with E-state index in [0.29, 0.717) is 37.4 Å². The van der Waals surface area contributed by atoms with Crippen molar-refractivity contribution in [1.82, 2.24) is 9.97 Å². The van der Waals surface area contributed by atoms with E-state index in [4.69, 9.17) is 21.1 Å². The number of anilines is 1. The Kier molecular flexibility index (Phi) is 5.47. The standard InChI is InChI=1S/C20H20ClN3O4S/c1-27-14-4-3-12(9-15(14)28-2)13-10-29-18-16(13)17(22-20(21)23-18)24-7-5-11(6-8-24)19(25)26/h3-4,9-11H,5-8H2,1-2H3,(H,25,26). The normalized spacial score (nSPS) is 14.9. The molecule has 0 atom stereocenters. The summed E-state index contributed by atoms with van der Waals surface area (Å²) in [6.45, 7) is 1.22. The van der Waals surface area contributed by atoms with E-state index < -0.39 is 5.97 Å². The zero-order chi connectivity index (χ0) is 20.5. The summed E-state index contributed by atoms with van der Waals surface area (Å²) in [4.78, 5) is 23.1. The molecule has 0 unspecified atom stereocenters. The Bertz CT molecular complexity index is 1060. The predicted octanol–water partition coefficient (Wildman–Crippen LogP) is 4.33. The van der Waals surface area contributed by atoms with E-state index in [2.05, 4.69) is 14.9 Å². The first-order valence-corrected chi connectivity index (χ1v) is 10.4. The molecule has 0 spiro atoms. The van der Waals surface area contributed by atoms with E-state index in [1.54, 1.807) is 14.2 Å². The maximum Gasteiger partial charge on any atom is 0.306 e. The van der Waals surface area contributed by atoms with Crippen molar-refractivity contribution in [2.45, 2.75) is 12.8 Å². The van der Waals surface area contributed by atoms with E-state index in [9.17, 15) is 9.90 Å². The van der Waals surface area contributed by atoms with Crippen LogP contribution in [0.1, 0.15) is 12.8 Å². The first-order chi connectivity index (χ1) is 14.0. The minimum atomic E-state index is -0.739. The average Bonchev–Trinajstić information content (AvgIpc) is 3.16. The second-order valence-electron chi connectivity index (χ2n) is 6.82. The van der Waals surface area contributed by atoms with Crippen molar-refractivity contribution < 1.29 is 19.4 Å². The molecule has 1 aliphatic heterocycles. The summed E-state index contributed by atoms with van der Waals surface area (Å²) in [5.41, 5.74) is 1.94. The van der Waals surface area contributed by atoms with E-state index in [1.165, 1.54) is 11.3 Å². The lowest BCUT2D eigenvalue weighted by molar-refractivity contribution is -0.142. The minimum Gasteiger partial charge on any atom is -0.493 e. The van der Waals surface area contributed by atoms with Crippen LogP contribution in [0.2, 0.25) is 5.28 Å². The van der Waals surface area contributed by atoms with E-state index >= 15 is 0 Å². The molecule has 29 heavy (non-hydrogen) atoms. The molecule has 1 aromatic carbocycles. The molecule has 1 aliphatic rings. The van der Waals surface area contributed by atoms with Crippen LogP contribution in [0.4, 0.5) is 5.82 Å². The van der Waals surface area contributed by atoms with Crippen molar-refractivity contribution in [3.8, 4) is 22.6 Å². The van der Waals surface area contributed by atoms with Gasteiger partial charge in [0.05, 0.1) is 25.5 Å². The van der Waals surface area contributed by atoms with Crippen molar-refractivity contribution in [2.75, 3.05) is 32.2 Å². The molecule has 1 fully saturated rings. The number of ether oxygens (including phenoxy) is 2.